The van der Waals surface area contributed by atoms with Gasteiger partial charge in [-0.25, -0.2) is 13.2 Å². The van der Waals surface area contributed by atoms with Crippen LogP contribution in [0, 0.1) is 10.7 Å². The minimum Gasteiger partial charge on any atom is -0.744 e. The Balaban J connectivity index is 2.26. The van der Waals surface area contributed by atoms with Crippen molar-refractivity contribution in [1.82, 2.24) is 0 Å². The topological polar surface area (TPSA) is 83.5 Å². The molecular formula is C13H6I3O5S-. The van der Waals surface area contributed by atoms with E-state index in [1.54, 1.807) is 0 Å². The van der Waals surface area contributed by atoms with E-state index in [-0.39, 0.29) is 10.6 Å². The second-order valence-electron chi connectivity index (χ2n) is 4.06. The number of halogens is 3. The highest BCUT2D eigenvalue weighted by Gasteiger charge is 2.17. The summed E-state index contributed by atoms with van der Waals surface area (Å²) in [6.07, 6.45) is 0. The van der Waals surface area contributed by atoms with Gasteiger partial charge >= 0.3 is 5.97 Å². The molecule has 0 bridgehead atoms. The molecule has 0 saturated heterocycles. The van der Waals surface area contributed by atoms with Gasteiger partial charge in [0.2, 0.25) is 0 Å². The Hall–Kier alpha value is 0.0100. The summed E-state index contributed by atoms with van der Waals surface area (Å²) in [5.41, 5.74) is 0.446. The largest absolute Gasteiger partial charge is 0.744 e. The first-order valence-corrected chi connectivity index (χ1v) is 10.3. The third-order valence-corrected chi connectivity index (χ3v) is 5.71. The van der Waals surface area contributed by atoms with Gasteiger partial charge in [-0.15, -0.1) is 0 Å². The van der Waals surface area contributed by atoms with E-state index in [2.05, 4.69) is 67.8 Å². The van der Waals surface area contributed by atoms with Crippen molar-refractivity contribution in [3.8, 4) is 5.75 Å². The molecule has 0 unspecified atom stereocenters. The monoisotopic (exact) mass is 655 g/mol. The lowest BCUT2D eigenvalue weighted by atomic mass is 10.2. The molecule has 0 aliphatic heterocycles. The summed E-state index contributed by atoms with van der Waals surface area (Å²) in [5.74, 6) is -0.370. The van der Waals surface area contributed by atoms with Gasteiger partial charge in [-0.1, -0.05) is 0 Å². The van der Waals surface area contributed by atoms with E-state index in [1.165, 1.54) is 12.1 Å². The van der Waals surface area contributed by atoms with Crippen LogP contribution in [0.2, 0.25) is 0 Å². The lowest BCUT2D eigenvalue weighted by Gasteiger charge is -2.10. The lowest BCUT2D eigenvalue weighted by molar-refractivity contribution is 0.0732. The Kier molecular flexibility index (Phi) is 6.07. The summed E-state index contributed by atoms with van der Waals surface area (Å²) in [6, 6.07) is 8.47. The van der Waals surface area contributed by atoms with Crippen LogP contribution in [0.1, 0.15) is 10.4 Å². The van der Waals surface area contributed by atoms with Gasteiger partial charge in [-0.3, -0.25) is 0 Å². The minimum atomic E-state index is -4.51. The maximum Gasteiger partial charge on any atom is 0.345 e. The van der Waals surface area contributed by atoms with Gasteiger partial charge in [0.1, 0.15) is 15.9 Å². The quantitative estimate of drug-likeness (QED) is 0.219. The van der Waals surface area contributed by atoms with Crippen molar-refractivity contribution in [2.45, 2.75) is 4.90 Å². The van der Waals surface area contributed by atoms with Gasteiger partial charge in [0.25, 0.3) is 0 Å². The predicted octanol–water partition coefficient (Wildman–Crippen LogP) is 3.62. The van der Waals surface area contributed by atoms with Gasteiger partial charge in [-0.2, -0.15) is 0 Å². The van der Waals surface area contributed by atoms with Crippen molar-refractivity contribution in [3.63, 3.8) is 0 Å². The van der Waals surface area contributed by atoms with Crippen LogP contribution in [0.15, 0.2) is 41.3 Å². The summed E-state index contributed by atoms with van der Waals surface area (Å²) in [7, 11) is -4.51. The van der Waals surface area contributed by atoms with Crippen LogP contribution in [0.3, 0.4) is 0 Å². The van der Waals surface area contributed by atoms with Gasteiger partial charge in [0, 0.05) is 10.7 Å². The highest BCUT2D eigenvalue weighted by Crippen LogP contribution is 2.25. The molecular weight excluding hydrogens is 649 g/mol. The lowest BCUT2D eigenvalue weighted by Crippen LogP contribution is -2.12. The number of esters is 1. The summed E-state index contributed by atoms with van der Waals surface area (Å²) in [4.78, 5) is 11.9. The SMILES string of the molecule is O=C(Oc1ccc(S(=O)(=O)[O-])cc1)c1c(I)cc(I)cc1I. The highest BCUT2D eigenvalue weighted by atomic mass is 127. The second-order valence-corrected chi connectivity index (χ2v) is 9.01. The Morgan fingerprint density at radius 2 is 1.50 bits per heavy atom. The molecule has 9 heteroatoms. The Bertz CT molecular complexity index is 808. The number of ether oxygens (including phenoxy) is 1. The molecule has 0 N–H and O–H groups in total. The average Bonchev–Trinajstić information content (AvgIpc) is 2.36. The Morgan fingerprint density at radius 3 is 1.95 bits per heavy atom. The van der Waals surface area contributed by atoms with Crippen molar-refractivity contribution in [3.05, 3.63) is 52.7 Å². The number of hydrogen-bond acceptors (Lipinski definition) is 5. The summed E-state index contributed by atoms with van der Waals surface area (Å²) < 4.78 is 40.3. The fourth-order valence-electron chi connectivity index (χ4n) is 1.57. The highest BCUT2D eigenvalue weighted by molar-refractivity contribution is 14.1. The number of hydrogen-bond donors (Lipinski definition) is 0. The maximum atomic E-state index is 12.2. The molecule has 0 aliphatic carbocycles. The van der Waals surface area contributed by atoms with E-state index in [4.69, 9.17) is 4.74 Å². The van der Waals surface area contributed by atoms with E-state index < -0.39 is 16.1 Å². The van der Waals surface area contributed by atoms with Crippen molar-refractivity contribution in [1.29, 1.82) is 0 Å². The van der Waals surface area contributed by atoms with E-state index >= 15 is 0 Å². The molecule has 116 valence electrons. The van der Waals surface area contributed by atoms with Gasteiger partial charge in [0.15, 0.2) is 0 Å². The fourth-order valence-corrected chi connectivity index (χ4v) is 6.06. The fraction of sp³-hybridized carbons (Fsp3) is 0. The zero-order valence-corrected chi connectivity index (χ0v) is 17.8. The zero-order valence-electron chi connectivity index (χ0n) is 10.5. The molecule has 0 fully saturated rings. The molecule has 0 radical (unpaired) electrons. The van der Waals surface area contributed by atoms with Crippen LogP contribution in [0.5, 0.6) is 5.75 Å². The Morgan fingerprint density at radius 1 is 1.00 bits per heavy atom. The van der Waals surface area contributed by atoms with Gasteiger partial charge < -0.3 is 9.29 Å². The molecule has 2 aromatic rings. The van der Waals surface area contributed by atoms with E-state index in [1.807, 2.05) is 12.1 Å². The summed E-state index contributed by atoms with van der Waals surface area (Å²) >= 11 is 6.27. The van der Waals surface area contributed by atoms with Crippen molar-refractivity contribution < 1.29 is 22.5 Å². The predicted molar refractivity (Wildman–Crippen MR) is 104 cm³/mol. The smallest absolute Gasteiger partial charge is 0.345 e. The van der Waals surface area contributed by atoms with Crippen LogP contribution < -0.4 is 4.74 Å². The third-order valence-electron chi connectivity index (χ3n) is 2.53. The standard InChI is InChI=1S/C13H7I3O5S/c14-7-5-10(15)12(11(16)6-7)13(17)21-8-1-3-9(4-2-8)22(18,19)20/h1-6H,(H,18,19,20)/p-1. The summed E-state index contributed by atoms with van der Waals surface area (Å²) in [6.45, 7) is 0. The van der Waals surface area contributed by atoms with Crippen molar-refractivity contribution in [2.24, 2.45) is 0 Å². The Labute approximate surface area is 168 Å². The van der Waals surface area contributed by atoms with Crippen molar-refractivity contribution >= 4 is 83.9 Å². The van der Waals surface area contributed by atoms with Crippen LogP contribution >= 0.6 is 67.8 Å². The first-order valence-electron chi connectivity index (χ1n) is 5.61. The van der Waals surface area contributed by atoms with Crippen LogP contribution in [-0.2, 0) is 10.1 Å². The molecule has 0 spiro atoms. The molecule has 2 aromatic carbocycles. The van der Waals surface area contributed by atoms with Crippen LogP contribution in [-0.4, -0.2) is 18.9 Å². The average molecular weight is 655 g/mol. The first kappa shape index (κ1) is 18.4. The van der Waals surface area contributed by atoms with Crippen LogP contribution in [0.25, 0.3) is 0 Å². The molecule has 0 saturated carbocycles. The molecule has 2 rings (SSSR count). The zero-order chi connectivity index (χ0) is 16.5. The minimum absolute atomic E-state index is 0.169. The molecule has 22 heavy (non-hydrogen) atoms. The van der Waals surface area contributed by atoms with E-state index in [0.717, 1.165) is 22.8 Å². The van der Waals surface area contributed by atoms with Gasteiger partial charge in [-0.05, 0) is 104 Å². The first-order chi connectivity index (χ1) is 10.2. The van der Waals surface area contributed by atoms with E-state index in [0.29, 0.717) is 5.56 Å². The van der Waals surface area contributed by atoms with Crippen molar-refractivity contribution in [2.75, 3.05) is 0 Å². The molecule has 0 heterocycles. The molecule has 5 nitrogen and oxygen atoms in total. The number of rotatable bonds is 3. The number of carbonyl (C=O) groups excluding carboxylic acids is 1. The van der Waals surface area contributed by atoms with E-state index in [9.17, 15) is 17.8 Å². The third kappa shape index (κ3) is 4.52. The maximum absolute atomic E-state index is 12.2. The van der Waals surface area contributed by atoms with Crippen LogP contribution in [0.4, 0.5) is 0 Å². The summed E-state index contributed by atoms with van der Waals surface area (Å²) in [5, 5.41) is 0. The molecule has 0 aromatic heterocycles. The normalized spacial score (nSPS) is 11.3. The number of benzene rings is 2. The number of carbonyl (C=O) groups is 1. The molecule has 0 aliphatic rings. The van der Waals surface area contributed by atoms with Gasteiger partial charge in [0.05, 0.1) is 10.5 Å². The second kappa shape index (κ2) is 7.27. The molecule has 0 atom stereocenters. The molecule has 0 amide bonds.